The summed E-state index contributed by atoms with van der Waals surface area (Å²) in [5.74, 6) is 0.322. The monoisotopic (exact) mass is 430 g/mol. The largest absolute Gasteiger partial charge is 0.481 e. The number of ether oxygens (including phenoxy) is 1. The second kappa shape index (κ2) is 8.78. The molecule has 162 valence electrons. The first-order valence-corrected chi connectivity index (χ1v) is 11.7. The first-order chi connectivity index (χ1) is 14.1. The van der Waals surface area contributed by atoms with Gasteiger partial charge in [-0.2, -0.15) is 4.31 Å². The minimum absolute atomic E-state index is 0.0515. The Morgan fingerprint density at radius 3 is 2.10 bits per heavy atom. The average Bonchev–Trinajstić information content (AvgIpc) is 3.24. The molecule has 0 bridgehead atoms. The maximum Gasteiger partial charge on any atom is 0.265 e. The zero-order chi connectivity index (χ0) is 21.9. The van der Waals surface area contributed by atoms with Crippen LogP contribution in [0.4, 0.5) is 5.69 Å². The number of nitrogens with one attached hydrogen (secondary N) is 1. The Morgan fingerprint density at radius 1 is 1.00 bits per heavy atom. The van der Waals surface area contributed by atoms with Crippen molar-refractivity contribution in [3.63, 3.8) is 0 Å². The van der Waals surface area contributed by atoms with E-state index in [9.17, 15) is 13.2 Å². The van der Waals surface area contributed by atoms with Crippen LogP contribution in [0.2, 0.25) is 0 Å². The lowest BCUT2D eigenvalue weighted by atomic mass is 9.87. The van der Waals surface area contributed by atoms with Gasteiger partial charge in [0.1, 0.15) is 5.75 Å². The topological polar surface area (TPSA) is 75.7 Å². The number of nitrogens with zero attached hydrogens (tertiary/aromatic N) is 1. The molecule has 0 aliphatic carbocycles. The Morgan fingerprint density at radius 2 is 1.57 bits per heavy atom. The Labute approximate surface area is 179 Å². The molecule has 3 rings (SSSR count). The van der Waals surface area contributed by atoms with Crippen molar-refractivity contribution < 1.29 is 17.9 Å². The van der Waals surface area contributed by atoms with Gasteiger partial charge in [-0.25, -0.2) is 8.42 Å². The molecular formula is C23H30N2O4S. The molecule has 2 aromatic carbocycles. The summed E-state index contributed by atoms with van der Waals surface area (Å²) in [6, 6.07) is 14.0. The molecule has 0 unspecified atom stereocenters. The molecule has 1 saturated heterocycles. The van der Waals surface area contributed by atoms with Crippen LogP contribution in [0.15, 0.2) is 53.4 Å². The van der Waals surface area contributed by atoms with E-state index in [2.05, 4.69) is 26.1 Å². The van der Waals surface area contributed by atoms with E-state index in [4.69, 9.17) is 4.74 Å². The molecule has 7 heteroatoms. The van der Waals surface area contributed by atoms with E-state index in [1.54, 1.807) is 19.1 Å². The highest BCUT2D eigenvalue weighted by atomic mass is 32.2. The van der Waals surface area contributed by atoms with E-state index < -0.39 is 16.1 Å². The maximum absolute atomic E-state index is 12.6. The molecule has 1 aliphatic heterocycles. The van der Waals surface area contributed by atoms with Crippen molar-refractivity contribution in [3.05, 3.63) is 54.1 Å². The third kappa shape index (κ3) is 5.21. The lowest BCUT2D eigenvalue weighted by Crippen LogP contribution is -2.30. The second-order valence-electron chi connectivity index (χ2n) is 8.66. The van der Waals surface area contributed by atoms with Crippen LogP contribution >= 0.6 is 0 Å². The fraction of sp³-hybridized carbons (Fsp3) is 0.435. The third-order valence-electron chi connectivity index (χ3n) is 5.23. The maximum atomic E-state index is 12.6. The first-order valence-electron chi connectivity index (χ1n) is 10.3. The number of carbonyl (C=O) groups excluding carboxylic acids is 1. The molecule has 30 heavy (non-hydrogen) atoms. The molecule has 1 aliphatic rings. The minimum Gasteiger partial charge on any atom is -0.481 e. The van der Waals surface area contributed by atoms with Gasteiger partial charge in [-0.1, -0.05) is 32.9 Å². The normalized spacial score (nSPS) is 16.3. The summed E-state index contributed by atoms with van der Waals surface area (Å²) in [4.78, 5) is 12.7. The van der Waals surface area contributed by atoms with Crippen LogP contribution < -0.4 is 10.1 Å². The molecule has 6 nitrogen and oxygen atoms in total. The molecule has 0 spiro atoms. The fourth-order valence-electron chi connectivity index (χ4n) is 3.32. The van der Waals surface area contributed by atoms with E-state index in [-0.39, 0.29) is 16.2 Å². The number of carbonyl (C=O) groups is 1. The van der Waals surface area contributed by atoms with Crippen LogP contribution in [0, 0.1) is 0 Å². The van der Waals surface area contributed by atoms with Gasteiger partial charge in [-0.3, -0.25) is 4.79 Å². The quantitative estimate of drug-likeness (QED) is 0.746. The minimum atomic E-state index is -3.46. The Hall–Kier alpha value is -2.38. The molecule has 1 amide bonds. The number of hydrogen-bond acceptors (Lipinski definition) is 4. The van der Waals surface area contributed by atoms with Gasteiger partial charge in [0.2, 0.25) is 10.0 Å². The number of anilines is 1. The highest BCUT2D eigenvalue weighted by Gasteiger charge is 2.27. The molecule has 0 radical (unpaired) electrons. The predicted octanol–water partition coefficient (Wildman–Crippen LogP) is 4.17. The number of rotatable bonds is 6. The number of sulfonamides is 1. The van der Waals surface area contributed by atoms with Gasteiger partial charge in [0, 0.05) is 18.8 Å². The van der Waals surface area contributed by atoms with Crippen LogP contribution in [0.25, 0.3) is 0 Å². The van der Waals surface area contributed by atoms with Crippen LogP contribution in [0.3, 0.4) is 0 Å². The molecule has 0 saturated carbocycles. The summed E-state index contributed by atoms with van der Waals surface area (Å²) >= 11 is 0. The highest BCUT2D eigenvalue weighted by Crippen LogP contribution is 2.25. The van der Waals surface area contributed by atoms with Gasteiger partial charge in [0.05, 0.1) is 4.90 Å². The summed E-state index contributed by atoms with van der Waals surface area (Å²) in [5, 5.41) is 2.77. The van der Waals surface area contributed by atoms with Gasteiger partial charge < -0.3 is 10.1 Å². The molecule has 1 atom stereocenters. The van der Waals surface area contributed by atoms with Crippen LogP contribution in [-0.2, 0) is 20.2 Å². The van der Waals surface area contributed by atoms with Crippen molar-refractivity contribution in [2.75, 3.05) is 18.4 Å². The lowest BCUT2D eigenvalue weighted by molar-refractivity contribution is -0.122. The molecule has 1 fully saturated rings. The van der Waals surface area contributed by atoms with E-state index in [1.807, 2.05) is 24.3 Å². The number of amides is 1. The SMILES string of the molecule is C[C@@H](Oc1ccc(C(C)(C)C)cc1)C(=O)Nc1ccc(S(=O)(=O)N2CCCC2)cc1. The molecule has 1 heterocycles. The molecule has 2 aromatic rings. The smallest absolute Gasteiger partial charge is 0.265 e. The summed E-state index contributed by atoms with van der Waals surface area (Å²) in [6.07, 6.45) is 1.09. The third-order valence-corrected chi connectivity index (χ3v) is 7.14. The van der Waals surface area contributed by atoms with Crippen molar-refractivity contribution in [1.82, 2.24) is 4.31 Å². The predicted molar refractivity (Wildman–Crippen MR) is 118 cm³/mol. The summed E-state index contributed by atoms with van der Waals surface area (Å²) in [5.41, 5.74) is 1.77. The zero-order valence-electron chi connectivity index (χ0n) is 18.0. The van der Waals surface area contributed by atoms with Crippen molar-refractivity contribution in [2.45, 2.75) is 57.0 Å². The number of hydrogen-bond donors (Lipinski definition) is 1. The van der Waals surface area contributed by atoms with Crippen molar-refractivity contribution in [1.29, 1.82) is 0 Å². The second-order valence-corrected chi connectivity index (χ2v) is 10.6. The van der Waals surface area contributed by atoms with Crippen molar-refractivity contribution in [3.8, 4) is 5.75 Å². The van der Waals surface area contributed by atoms with E-state index in [1.165, 1.54) is 22.0 Å². The van der Waals surface area contributed by atoms with Gasteiger partial charge in [-0.05, 0) is 67.1 Å². The van der Waals surface area contributed by atoms with E-state index >= 15 is 0 Å². The molecule has 1 N–H and O–H groups in total. The van der Waals surface area contributed by atoms with Crippen LogP contribution in [0.5, 0.6) is 5.75 Å². The van der Waals surface area contributed by atoms with Crippen molar-refractivity contribution in [2.24, 2.45) is 0 Å². The van der Waals surface area contributed by atoms with Crippen LogP contribution in [-0.4, -0.2) is 37.8 Å². The van der Waals surface area contributed by atoms with E-state index in [0.717, 1.165) is 12.8 Å². The van der Waals surface area contributed by atoms with Crippen molar-refractivity contribution >= 4 is 21.6 Å². The first kappa shape index (κ1) is 22.3. The van der Waals surface area contributed by atoms with Gasteiger partial charge in [0.25, 0.3) is 5.91 Å². The fourth-order valence-corrected chi connectivity index (χ4v) is 4.84. The average molecular weight is 431 g/mol. The van der Waals surface area contributed by atoms with E-state index in [0.29, 0.717) is 24.5 Å². The summed E-state index contributed by atoms with van der Waals surface area (Å²) in [7, 11) is -3.46. The molecule has 0 aromatic heterocycles. The Bertz CT molecular complexity index is 971. The zero-order valence-corrected chi connectivity index (χ0v) is 18.8. The number of benzene rings is 2. The van der Waals surface area contributed by atoms with Gasteiger partial charge in [-0.15, -0.1) is 0 Å². The van der Waals surface area contributed by atoms with Crippen LogP contribution in [0.1, 0.15) is 46.1 Å². The molecular weight excluding hydrogens is 400 g/mol. The Kier molecular flexibility index (Phi) is 6.53. The summed E-state index contributed by atoms with van der Waals surface area (Å²) in [6.45, 7) is 9.22. The standard InChI is InChI=1S/C23H30N2O4S/c1-17(29-20-11-7-18(8-12-20)23(2,3)4)22(26)24-19-9-13-21(14-10-19)30(27,28)25-15-5-6-16-25/h7-14,17H,5-6,15-16H2,1-4H3,(H,24,26)/t17-/m1/s1. The lowest BCUT2D eigenvalue weighted by Gasteiger charge is -2.20. The highest BCUT2D eigenvalue weighted by molar-refractivity contribution is 7.89. The van der Waals surface area contributed by atoms with Gasteiger partial charge >= 0.3 is 0 Å². The summed E-state index contributed by atoms with van der Waals surface area (Å²) < 4.78 is 32.4. The Balaban J connectivity index is 1.60. The van der Waals surface area contributed by atoms with Gasteiger partial charge in [0.15, 0.2) is 6.10 Å².